The van der Waals surface area contributed by atoms with E-state index in [4.69, 9.17) is 0 Å². The van der Waals surface area contributed by atoms with Gasteiger partial charge in [0, 0.05) is 6.54 Å². The van der Waals surface area contributed by atoms with Crippen LogP contribution in [-0.4, -0.2) is 23.4 Å². The van der Waals surface area contributed by atoms with E-state index >= 15 is 0 Å². The van der Waals surface area contributed by atoms with Crippen molar-refractivity contribution in [2.75, 3.05) is 6.54 Å². The quantitative estimate of drug-likeness (QED) is 0.864. The number of rotatable bonds is 4. The highest BCUT2D eigenvalue weighted by Gasteiger charge is 2.37. The number of hydrogen-bond acceptors (Lipinski definition) is 2. The minimum atomic E-state index is -0.0215. The molecule has 0 spiro atoms. The van der Waals surface area contributed by atoms with Crippen LogP contribution in [0.1, 0.15) is 38.4 Å². The summed E-state index contributed by atoms with van der Waals surface area (Å²) >= 11 is 0. The first-order chi connectivity index (χ1) is 8.27. The fourth-order valence-electron chi connectivity index (χ4n) is 2.36. The average molecular weight is 232 g/mol. The average Bonchev–Trinajstić information content (AvgIpc) is 2.69. The third-order valence-corrected chi connectivity index (χ3v) is 3.24. The Hall–Kier alpha value is -1.35. The van der Waals surface area contributed by atoms with Crippen LogP contribution < -0.4 is 5.32 Å². The highest BCUT2D eigenvalue weighted by atomic mass is 16.2. The summed E-state index contributed by atoms with van der Waals surface area (Å²) in [4.78, 5) is 14.1. The molecule has 0 radical (unpaired) electrons. The molecule has 1 fully saturated rings. The molecule has 2 atom stereocenters. The van der Waals surface area contributed by atoms with Gasteiger partial charge >= 0.3 is 0 Å². The molecular formula is C14H20N2O. The molecule has 1 amide bonds. The van der Waals surface area contributed by atoms with Crippen LogP contribution in [0.5, 0.6) is 0 Å². The predicted molar refractivity (Wildman–Crippen MR) is 68.4 cm³/mol. The number of benzene rings is 1. The molecule has 2 rings (SSSR count). The third-order valence-electron chi connectivity index (χ3n) is 3.24. The lowest BCUT2D eigenvalue weighted by Gasteiger charge is -2.23. The maximum Gasteiger partial charge on any atom is 0.241 e. The molecule has 1 N–H and O–H groups in total. The maximum absolute atomic E-state index is 12.2. The number of carbonyl (C=O) groups excluding carboxylic acids is 1. The highest BCUT2D eigenvalue weighted by molar-refractivity contribution is 5.84. The fourth-order valence-corrected chi connectivity index (χ4v) is 2.36. The van der Waals surface area contributed by atoms with Crippen molar-refractivity contribution in [2.24, 2.45) is 0 Å². The summed E-state index contributed by atoms with van der Waals surface area (Å²) in [7, 11) is 0. The van der Waals surface area contributed by atoms with Crippen molar-refractivity contribution >= 4 is 5.91 Å². The Morgan fingerprint density at radius 3 is 2.53 bits per heavy atom. The van der Waals surface area contributed by atoms with Gasteiger partial charge in [-0.3, -0.25) is 10.1 Å². The van der Waals surface area contributed by atoms with Gasteiger partial charge in [0.25, 0.3) is 0 Å². The zero-order valence-corrected chi connectivity index (χ0v) is 10.5. The van der Waals surface area contributed by atoms with E-state index in [1.807, 2.05) is 30.0 Å². The molecule has 1 saturated heterocycles. The Kier molecular flexibility index (Phi) is 3.79. The van der Waals surface area contributed by atoms with Gasteiger partial charge in [0.15, 0.2) is 0 Å². The van der Waals surface area contributed by atoms with Crippen molar-refractivity contribution in [3.8, 4) is 0 Å². The van der Waals surface area contributed by atoms with Gasteiger partial charge in [0.2, 0.25) is 5.91 Å². The molecular weight excluding hydrogens is 212 g/mol. The smallest absolute Gasteiger partial charge is 0.241 e. The van der Waals surface area contributed by atoms with Crippen molar-refractivity contribution < 1.29 is 4.79 Å². The number of hydrogen-bond donors (Lipinski definition) is 1. The summed E-state index contributed by atoms with van der Waals surface area (Å²) in [6.45, 7) is 4.98. The first-order valence-electron chi connectivity index (χ1n) is 6.39. The van der Waals surface area contributed by atoms with E-state index in [9.17, 15) is 4.79 Å². The second kappa shape index (κ2) is 5.32. The largest absolute Gasteiger partial charge is 0.322 e. The first-order valence-corrected chi connectivity index (χ1v) is 6.39. The van der Waals surface area contributed by atoms with Gasteiger partial charge in [-0.25, -0.2) is 0 Å². The molecule has 17 heavy (non-hydrogen) atoms. The van der Waals surface area contributed by atoms with E-state index in [1.54, 1.807) is 0 Å². The lowest BCUT2D eigenvalue weighted by molar-refractivity contribution is -0.130. The number of amides is 1. The normalized spacial score (nSPS) is 24.4. The fraction of sp³-hybridized carbons (Fsp3) is 0.500. The first kappa shape index (κ1) is 12.1. The van der Waals surface area contributed by atoms with Gasteiger partial charge in [-0.15, -0.1) is 0 Å². The standard InChI is InChI=1S/C14H20N2O/c1-3-10-16-13(11-8-6-5-7-9-11)15-12(4-2)14(16)17/h5-9,12-13,15H,3-4,10H2,1-2H3. The monoisotopic (exact) mass is 232 g/mol. The summed E-state index contributed by atoms with van der Waals surface area (Å²) in [6.07, 6.45) is 1.89. The molecule has 1 aliphatic heterocycles. The summed E-state index contributed by atoms with van der Waals surface area (Å²) in [5, 5.41) is 3.42. The van der Waals surface area contributed by atoms with Crippen LogP contribution >= 0.6 is 0 Å². The maximum atomic E-state index is 12.2. The van der Waals surface area contributed by atoms with Crippen LogP contribution in [0.15, 0.2) is 30.3 Å². The van der Waals surface area contributed by atoms with Crippen molar-refractivity contribution in [3.05, 3.63) is 35.9 Å². The van der Waals surface area contributed by atoms with Crippen molar-refractivity contribution in [2.45, 2.75) is 38.9 Å². The number of nitrogens with zero attached hydrogens (tertiary/aromatic N) is 1. The molecule has 1 heterocycles. The Balaban J connectivity index is 2.23. The molecule has 0 bridgehead atoms. The second-order valence-corrected chi connectivity index (χ2v) is 4.47. The van der Waals surface area contributed by atoms with Crippen LogP contribution in [0.2, 0.25) is 0 Å². The van der Waals surface area contributed by atoms with E-state index in [2.05, 4.69) is 24.4 Å². The molecule has 92 valence electrons. The van der Waals surface area contributed by atoms with E-state index in [0.29, 0.717) is 0 Å². The predicted octanol–water partition coefficient (Wildman–Crippen LogP) is 2.31. The van der Waals surface area contributed by atoms with Gasteiger partial charge in [-0.2, -0.15) is 0 Å². The van der Waals surface area contributed by atoms with Crippen LogP contribution in [0.25, 0.3) is 0 Å². The van der Waals surface area contributed by atoms with Crippen LogP contribution in [0, 0.1) is 0 Å². The molecule has 2 unspecified atom stereocenters. The molecule has 3 heteroatoms. The topological polar surface area (TPSA) is 32.3 Å². The van der Waals surface area contributed by atoms with Crippen molar-refractivity contribution in [3.63, 3.8) is 0 Å². The number of nitrogens with one attached hydrogen (secondary N) is 1. The highest BCUT2D eigenvalue weighted by Crippen LogP contribution is 2.26. The molecule has 1 aromatic rings. The molecule has 0 saturated carbocycles. The minimum absolute atomic E-state index is 0.0215. The lowest BCUT2D eigenvalue weighted by atomic mass is 10.1. The summed E-state index contributed by atoms with van der Waals surface area (Å²) in [5.74, 6) is 0.239. The van der Waals surface area contributed by atoms with Crippen LogP contribution in [0.4, 0.5) is 0 Å². The molecule has 1 aliphatic rings. The second-order valence-electron chi connectivity index (χ2n) is 4.47. The lowest BCUT2D eigenvalue weighted by Crippen LogP contribution is -2.31. The summed E-state index contributed by atoms with van der Waals surface area (Å²) < 4.78 is 0. The Bertz CT molecular complexity index is 377. The summed E-state index contributed by atoms with van der Waals surface area (Å²) in [5.41, 5.74) is 1.17. The van der Waals surface area contributed by atoms with E-state index in [1.165, 1.54) is 5.56 Å². The van der Waals surface area contributed by atoms with Gasteiger partial charge in [-0.05, 0) is 18.4 Å². The number of carbonyl (C=O) groups is 1. The third kappa shape index (κ3) is 2.34. The van der Waals surface area contributed by atoms with Crippen LogP contribution in [-0.2, 0) is 4.79 Å². The van der Waals surface area contributed by atoms with E-state index < -0.39 is 0 Å². The Morgan fingerprint density at radius 2 is 1.94 bits per heavy atom. The SMILES string of the molecule is CCCN1C(=O)C(CC)NC1c1ccccc1. The molecule has 0 aliphatic carbocycles. The van der Waals surface area contributed by atoms with Crippen molar-refractivity contribution in [1.82, 2.24) is 10.2 Å². The van der Waals surface area contributed by atoms with E-state index in [0.717, 1.165) is 19.4 Å². The van der Waals surface area contributed by atoms with E-state index in [-0.39, 0.29) is 18.1 Å². The van der Waals surface area contributed by atoms with Gasteiger partial charge < -0.3 is 4.90 Å². The van der Waals surface area contributed by atoms with Gasteiger partial charge in [0.1, 0.15) is 6.17 Å². The van der Waals surface area contributed by atoms with Crippen LogP contribution in [0.3, 0.4) is 0 Å². The molecule has 1 aromatic carbocycles. The van der Waals surface area contributed by atoms with Gasteiger partial charge in [-0.1, -0.05) is 44.2 Å². The van der Waals surface area contributed by atoms with Crippen molar-refractivity contribution in [1.29, 1.82) is 0 Å². The zero-order valence-electron chi connectivity index (χ0n) is 10.5. The molecule has 3 nitrogen and oxygen atoms in total. The Morgan fingerprint density at radius 1 is 1.24 bits per heavy atom. The Labute approximate surface area is 103 Å². The molecule has 0 aromatic heterocycles. The summed E-state index contributed by atoms with van der Waals surface area (Å²) in [6, 6.07) is 10.2. The minimum Gasteiger partial charge on any atom is -0.322 e. The van der Waals surface area contributed by atoms with Gasteiger partial charge in [0.05, 0.1) is 6.04 Å². The zero-order chi connectivity index (χ0) is 12.3.